The molecule has 0 amide bonds. The molecule has 0 fully saturated rings. The van der Waals surface area contributed by atoms with Crippen molar-refractivity contribution in [3.05, 3.63) is 57.0 Å². The number of nitrogens with one attached hydrogen (secondary N) is 2. The Morgan fingerprint density at radius 1 is 1.30 bits per heavy atom. The van der Waals surface area contributed by atoms with Crippen LogP contribution in [0, 0.1) is 0 Å². The van der Waals surface area contributed by atoms with E-state index in [9.17, 15) is 4.79 Å². The van der Waals surface area contributed by atoms with Crippen molar-refractivity contribution in [3.8, 4) is 0 Å². The van der Waals surface area contributed by atoms with Crippen LogP contribution < -0.4 is 10.9 Å². The minimum atomic E-state index is -0.121. The highest BCUT2D eigenvalue weighted by atomic mass is 35.5. The van der Waals surface area contributed by atoms with Crippen molar-refractivity contribution >= 4 is 17.5 Å². The molecule has 20 heavy (non-hydrogen) atoms. The van der Waals surface area contributed by atoms with E-state index in [2.05, 4.69) is 22.2 Å². The van der Waals surface area contributed by atoms with Gasteiger partial charge in [0, 0.05) is 23.3 Å². The second-order valence-corrected chi connectivity index (χ2v) is 5.11. The number of hydrogen-bond donors (Lipinski definition) is 2. The zero-order valence-corrected chi connectivity index (χ0v) is 12.2. The van der Waals surface area contributed by atoms with Gasteiger partial charge in [-0.3, -0.25) is 9.78 Å². The van der Waals surface area contributed by atoms with E-state index in [0.717, 1.165) is 30.5 Å². The highest BCUT2D eigenvalue weighted by Crippen LogP contribution is 2.10. The molecule has 0 spiro atoms. The lowest BCUT2D eigenvalue weighted by atomic mass is 10.2. The van der Waals surface area contributed by atoms with Crippen LogP contribution in [0.1, 0.15) is 31.0 Å². The van der Waals surface area contributed by atoms with E-state index >= 15 is 0 Å². The average Bonchev–Trinajstić information content (AvgIpc) is 2.44. The molecule has 1 aromatic heterocycles. The number of nitrogens with zero attached hydrogens (tertiary/aromatic N) is 1. The molecule has 0 saturated heterocycles. The summed E-state index contributed by atoms with van der Waals surface area (Å²) < 4.78 is 0. The van der Waals surface area contributed by atoms with E-state index in [1.54, 1.807) is 6.07 Å². The van der Waals surface area contributed by atoms with Crippen molar-refractivity contribution in [2.24, 2.45) is 0 Å². The highest BCUT2D eigenvalue weighted by molar-refractivity contribution is 6.30. The number of halogens is 1. The number of aromatic amines is 1. The van der Waals surface area contributed by atoms with Gasteiger partial charge < -0.3 is 5.32 Å². The molecule has 1 heterocycles. The number of rotatable bonds is 6. The maximum absolute atomic E-state index is 11.6. The highest BCUT2D eigenvalue weighted by Gasteiger charge is 2.01. The molecule has 106 valence electrons. The Morgan fingerprint density at radius 2 is 2.05 bits per heavy atom. The predicted molar refractivity (Wildman–Crippen MR) is 82.2 cm³/mol. The third kappa shape index (κ3) is 4.38. The predicted octanol–water partition coefficient (Wildman–Crippen LogP) is 3.38. The molecule has 0 radical (unpaired) electrons. The smallest absolute Gasteiger partial charge is 0.252 e. The first kappa shape index (κ1) is 14.6. The Labute approximate surface area is 123 Å². The monoisotopic (exact) mass is 291 g/mol. The van der Waals surface area contributed by atoms with Gasteiger partial charge in [-0.25, -0.2) is 4.98 Å². The number of anilines is 1. The quantitative estimate of drug-likeness (QED) is 0.858. The number of unbranched alkanes of at least 4 members (excludes halogenated alkanes) is 1. The van der Waals surface area contributed by atoms with Crippen LogP contribution in [0.15, 0.2) is 35.1 Å². The van der Waals surface area contributed by atoms with Gasteiger partial charge in [-0.2, -0.15) is 0 Å². The maximum Gasteiger partial charge on any atom is 0.252 e. The van der Waals surface area contributed by atoms with Gasteiger partial charge in [0.05, 0.1) is 0 Å². The van der Waals surface area contributed by atoms with Crippen LogP contribution in [0.5, 0.6) is 0 Å². The maximum atomic E-state index is 11.6. The van der Waals surface area contributed by atoms with Crippen molar-refractivity contribution in [2.45, 2.75) is 32.7 Å². The Morgan fingerprint density at radius 3 is 2.75 bits per heavy atom. The van der Waals surface area contributed by atoms with Crippen LogP contribution >= 0.6 is 11.6 Å². The number of aryl methyl sites for hydroxylation is 1. The molecule has 0 aliphatic rings. The van der Waals surface area contributed by atoms with E-state index < -0.39 is 0 Å². The molecule has 0 atom stereocenters. The number of benzene rings is 1. The third-order valence-corrected chi connectivity index (χ3v) is 3.21. The largest absolute Gasteiger partial charge is 0.352 e. The SMILES string of the molecule is CCCCc1cc(=O)[nH]c(NCc2ccc(Cl)cc2)n1. The first-order chi connectivity index (χ1) is 9.67. The van der Waals surface area contributed by atoms with Crippen molar-refractivity contribution in [2.75, 3.05) is 5.32 Å². The molecule has 0 aliphatic heterocycles. The second-order valence-electron chi connectivity index (χ2n) is 4.67. The van der Waals surface area contributed by atoms with Gasteiger partial charge in [0.15, 0.2) is 0 Å². The number of H-pyrrole nitrogens is 1. The summed E-state index contributed by atoms with van der Waals surface area (Å²) in [6, 6.07) is 9.12. The molecular formula is C15H18ClN3O. The number of hydrogen-bond acceptors (Lipinski definition) is 3. The summed E-state index contributed by atoms with van der Waals surface area (Å²) in [5.74, 6) is 0.513. The Bertz CT molecular complexity index is 607. The van der Waals surface area contributed by atoms with E-state index in [4.69, 9.17) is 11.6 Å². The normalized spacial score (nSPS) is 10.5. The first-order valence-electron chi connectivity index (χ1n) is 6.76. The summed E-state index contributed by atoms with van der Waals surface area (Å²) in [6.07, 6.45) is 2.95. The number of aromatic nitrogens is 2. The van der Waals surface area contributed by atoms with Crippen molar-refractivity contribution < 1.29 is 0 Å². The molecule has 0 aliphatic carbocycles. The lowest BCUT2D eigenvalue weighted by Crippen LogP contribution is -2.14. The van der Waals surface area contributed by atoms with Crippen molar-refractivity contribution in [1.29, 1.82) is 0 Å². The Kier molecular flexibility index (Phi) is 5.18. The molecule has 0 unspecified atom stereocenters. The molecular weight excluding hydrogens is 274 g/mol. The van der Waals surface area contributed by atoms with Gasteiger partial charge >= 0.3 is 0 Å². The van der Waals surface area contributed by atoms with E-state index in [1.165, 1.54) is 0 Å². The Hall–Kier alpha value is -1.81. The zero-order chi connectivity index (χ0) is 14.4. The van der Waals surface area contributed by atoms with E-state index in [0.29, 0.717) is 17.5 Å². The summed E-state index contributed by atoms with van der Waals surface area (Å²) in [4.78, 5) is 18.7. The summed E-state index contributed by atoms with van der Waals surface area (Å²) in [5, 5.41) is 3.84. The van der Waals surface area contributed by atoms with Gasteiger partial charge in [0.25, 0.3) is 5.56 Å². The van der Waals surface area contributed by atoms with E-state index in [-0.39, 0.29) is 5.56 Å². The van der Waals surface area contributed by atoms with Crippen LogP contribution in [0.2, 0.25) is 5.02 Å². The molecule has 4 nitrogen and oxygen atoms in total. The fourth-order valence-electron chi connectivity index (χ4n) is 1.87. The lowest BCUT2D eigenvalue weighted by molar-refractivity contribution is 0.771. The van der Waals surface area contributed by atoms with Gasteiger partial charge in [0.2, 0.25) is 5.95 Å². The molecule has 2 rings (SSSR count). The van der Waals surface area contributed by atoms with Crippen LogP contribution in [0.4, 0.5) is 5.95 Å². The molecule has 0 saturated carbocycles. The minimum Gasteiger partial charge on any atom is -0.352 e. The lowest BCUT2D eigenvalue weighted by Gasteiger charge is -2.07. The molecule has 5 heteroatoms. The second kappa shape index (κ2) is 7.10. The third-order valence-electron chi connectivity index (χ3n) is 2.95. The standard InChI is InChI=1S/C15H18ClN3O/c1-2-3-4-13-9-14(20)19-15(18-13)17-10-11-5-7-12(16)8-6-11/h5-9H,2-4,10H2,1H3,(H2,17,18,19,20). The summed E-state index contributed by atoms with van der Waals surface area (Å²) in [6.45, 7) is 2.71. The minimum absolute atomic E-state index is 0.121. The Balaban J connectivity index is 2.03. The fourth-order valence-corrected chi connectivity index (χ4v) is 1.99. The van der Waals surface area contributed by atoms with Crippen LogP contribution in [-0.2, 0) is 13.0 Å². The topological polar surface area (TPSA) is 57.8 Å². The average molecular weight is 292 g/mol. The summed E-state index contributed by atoms with van der Waals surface area (Å²) in [7, 11) is 0. The van der Waals surface area contributed by atoms with Gasteiger partial charge in [-0.1, -0.05) is 37.1 Å². The van der Waals surface area contributed by atoms with Crippen LogP contribution in [0.3, 0.4) is 0 Å². The van der Waals surface area contributed by atoms with Gasteiger partial charge in [0.1, 0.15) is 0 Å². The zero-order valence-electron chi connectivity index (χ0n) is 11.4. The van der Waals surface area contributed by atoms with Crippen molar-refractivity contribution in [1.82, 2.24) is 9.97 Å². The van der Waals surface area contributed by atoms with Crippen molar-refractivity contribution in [3.63, 3.8) is 0 Å². The van der Waals surface area contributed by atoms with Crippen LogP contribution in [-0.4, -0.2) is 9.97 Å². The molecule has 2 aromatic rings. The summed E-state index contributed by atoms with van der Waals surface area (Å²) in [5.41, 5.74) is 1.79. The van der Waals surface area contributed by atoms with E-state index in [1.807, 2.05) is 24.3 Å². The molecule has 1 aromatic carbocycles. The first-order valence-corrected chi connectivity index (χ1v) is 7.13. The molecule has 2 N–H and O–H groups in total. The molecule has 0 bridgehead atoms. The van der Waals surface area contributed by atoms with Gasteiger partial charge in [-0.15, -0.1) is 0 Å². The fraction of sp³-hybridized carbons (Fsp3) is 0.333. The van der Waals surface area contributed by atoms with Crippen LogP contribution in [0.25, 0.3) is 0 Å². The summed E-state index contributed by atoms with van der Waals surface area (Å²) >= 11 is 5.84. The van der Waals surface area contributed by atoms with Gasteiger partial charge in [-0.05, 0) is 30.5 Å².